The van der Waals surface area contributed by atoms with Gasteiger partial charge in [0.15, 0.2) is 0 Å². The zero-order valence-corrected chi connectivity index (χ0v) is 9.47. The van der Waals surface area contributed by atoms with Crippen LogP contribution in [0, 0.1) is 11.8 Å². The highest BCUT2D eigenvalue weighted by molar-refractivity contribution is 6.60. The standard InChI is InChI=1S/C8H18O.CHClO2/c1-7(2)5-9-6-8(3)4;2-1(3)4/h7-8H,5-6H2,1-4H3;(H,3,4). The van der Waals surface area contributed by atoms with Gasteiger partial charge in [-0.1, -0.05) is 27.7 Å². The molecule has 0 aliphatic carbocycles. The molecule has 0 amide bonds. The molecule has 0 heterocycles. The van der Waals surface area contributed by atoms with Gasteiger partial charge in [0.05, 0.1) is 0 Å². The van der Waals surface area contributed by atoms with Crippen molar-refractivity contribution in [2.45, 2.75) is 27.7 Å². The Labute approximate surface area is 85.0 Å². The van der Waals surface area contributed by atoms with Gasteiger partial charge in [-0.15, -0.1) is 0 Å². The maximum absolute atomic E-state index is 8.77. The monoisotopic (exact) mass is 210 g/mol. The second-order valence-corrected chi connectivity index (χ2v) is 3.90. The topological polar surface area (TPSA) is 46.5 Å². The first-order chi connectivity index (χ1) is 5.86. The van der Waals surface area contributed by atoms with Crippen LogP contribution in [0.3, 0.4) is 0 Å². The van der Waals surface area contributed by atoms with Crippen molar-refractivity contribution in [3.8, 4) is 0 Å². The Bertz CT molecular complexity index is 112. The predicted molar refractivity (Wildman–Crippen MR) is 54.4 cm³/mol. The Balaban J connectivity index is 0. The lowest BCUT2D eigenvalue weighted by Crippen LogP contribution is -2.06. The Morgan fingerprint density at radius 3 is 1.62 bits per heavy atom. The molecule has 1 N–H and O–H groups in total. The maximum atomic E-state index is 8.77. The molecule has 4 heteroatoms. The molecule has 0 saturated heterocycles. The van der Waals surface area contributed by atoms with Crippen LogP contribution in [0.15, 0.2) is 0 Å². The van der Waals surface area contributed by atoms with E-state index in [-0.39, 0.29) is 0 Å². The second-order valence-electron chi connectivity index (χ2n) is 3.58. The lowest BCUT2D eigenvalue weighted by molar-refractivity contribution is 0.0886. The van der Waals surface area contributed by atoms with Crippen LogP contribution in [0.1, 0.15) is 27.7 Å². The van der Waals surface area contributed by atoms with Gasteiger partial charge >= 0.3 is 5.43 Å². The van der Waals surface area contributed by atoms with E-state index in [1.165, 1.54) is 0 Å². The normalized spacial score (nSPS) is 9.77. The van der Waals surface area contributed by atoms with E-state index < -0.39 is 5.43 Å². The summed E-state index contributed by atoms with van der Waals surface area (Å²) in [5.41, 5.74) is -1.36. The largest absolute Gasteiger partial charge is 0.469 e. The number of carboxylic acid groups (broad SMARTS) is 1. The second kappa shape index (κ2) is 9.81. The van der Waals surface area contributed by atoms with E-state index in [2.05, 4.69) is 39.3 Å². The number of hydrogen-bond donors (Lipinski definition) is 1. The molecular formula is C9H19ClO3. The summed E-state index contributed by atoms with van der Waals surface area (Å²) in [7, 11) is 0. The summed E-state index contributed by atoms with van der Waals surface area (Å²) in [6, 6.07) is 0. The van der Waals surface area contributed by atoms with Crippen molar-refractivity contribution in [1.29, 1.82) is 0 Å². The van der Waals surface area contributed by atoms with Crippen LogP contribution < -0.4 is 0 Å². The molecule has 80 valence electrons. The number of carbonyl (C=O) groups is 1. The van der Waals surface area contributed by atoms with Gasteiger partial charge in [-0.3, -0.25) is 0 Å². The summed E-state index contributed by atoms with van der Waals surface area (Å²) in [6.07, 6.45) is 0. The van der Waals surface area contributed by atoms with E-state index in [0.717, 1.165) is 13.2 Å². The molecule has 0 bridgehead atoms. The van der Waals surface area contributed by atoms with Gasteiger partial charge in [-0.05, 0) is 11.8 Å². The highest BCUT2D eigenvalue weighted by atomic mass is 35.5. The number of hydrogen-bond acceptors (Lipinski definition) is 2. The minimum atomic E-state index is -1.36. The quantitative estimate of drug-likeness (QED) is 0.725. The minimum absolute atomic E-state index is 0.670. The van der Waals surface area contributed by atoms with E-state index in [0.29, 0.717) is 11.8 Å². The summed E-state index contributed by atoms with van der Waals surface area (Å²) in [5.74, 6) is 1.34. The van der Waals surface area contributed by atoms with Gasteiger partial charge < -0.3 is 9.84 Å². The molecule has 0 spiro atoms. The highest BCUT2D eigenvalue weighted by Gasteiger charge is 1.95. The first-order valence-electron chi connectivity index (χ1n) is 4.32. The highest BCUT2D eigenvalue weighted by Crippen LogP contribution is 1.96. The van der Waals surface area contributed by atoms with Crippen molar-refractivity contribution in [1.82, 2.24) is 0 Å². The van der Waals surface area contributed by atoms with Crippen LogP contribution in [0.4, 0.5) is 4.79 Å². The molecule has 0 aromatic carbocycles. The Morgan fingerprint density at radius 2 is 1.46 bits per heavy atom. The average molecular weight is 211 g/mol. The van der Waals surface area contributed by atoms with Crippen molar-refractivity contribution < 1.29 is 14.6 Å². The molecule has 0 radical (unpaired) electrons. The first-order valence-corrected chi connectivity index (χ1v) is 4.70. The van der Waals surface area contributed by atoms with Crippen molar-refractivity contribution in [2.75, 3.05) is 13.2 Å². The third-order valence-electron chi connectivity index (χ3n) is 0.902. The number of rotatable bonds is 4. The van der Waals surface area contributed by atoms with E-state index >= 15 is 0 Å². The van der Waals surface area contributed by atoms with E-state index in [4.69, 9.17) is 14.6 Å². The van der Waals surface area contributed by atoms with Gasteiger partial charge in [-0.25, -0.2) is 4.79 Å². The molecule has 0 aromatic heterocycles. The van der Waals surface area contributed by atoms with Gasteiger partial charge in [0.2, 0.25) is 0 Å². The van der Waals surface area contributed by atoms with Crippen LogP contribution in [-0.2, 0) is 4.74 Å². The van der Waals surface area contributed by atoms with Crippen molar-refractivity contribution >= 4 is 17.0 Å². The summed E-state index contributed by atoms with van der Waals surface area (Å²) in [4.78, 5) is 8.77. The number of halogens is 1. The lowest BCUT2D eigenvalue weighted by atomic mass is 10.2. The van der Waals surface area contributed by atoms with Crippen molar-refractivity contribution in [2.24, 2.45) is 11.8 Å². The molecule has 13 heavy (non-hydrogen) atoms. The molecule has 0 aromatic rings. The van der Waals surface area contributed by atoms with E-state index in [9.17, 15) is 0 Å². The van der Waals surface area contributed by atoms with Crippen LogP contribution in [-0.4, -0.2) is 23.7 Å². The van der Waals surface area contributed by atoms with Gasteiger partial charge in [0, 0.05) is 24.8 Å². The predicted octanol–water partition coefficient (Wildman–Crippen LogP) is 3.22. The molecule has 0 unspecified atom stereocenters. The van der Waals surface area contributed by atoms with Gasteiger partial charge in [-0.2, -0.15) is 0 Å². The summed E-state index contributed by atoms with van der Waals surface area (Å²) in [6.45, 7) is 10.5. The molecule has 0 aliphatic heterocycles. The Kier molecular flexibility index (Phi) is 11.5. The third-order valence-corrected chi connectivity index (χ3v) is 0.902. The fourth-order valence-electron chi connectivity index (χ4n) is 0.539. The molecule has 0 aliphatic rings. The third kappa shape index (κ3) is 33.8. The SMILES string of the molecule is CC(C)COCC(C)C.O=C(O)Cl. The van der Waals surface area contributed by atoms with E-state index in [1.54, 1.807) is 0 Å². The van der Waals surface area contributed by atoms with Crippen LogP contribution in [0.2, 0.25) is 0 Å². The smallest absolute Gasteiger partial charge is 0.401 e. The molecule has 0 atom stereocenters. The average Bonchev–Trinajstić information content (AvgIpc) is 1.83. The summed E-state index contributed by atoms with van der Waals surface area (Å²) >= 11 is 4.19. The maximum Gasteiger partial charge on any atom is 0.401 e. The van der Waals surface area contributed by atoms with Gasteiger partial charge in [0.25, 0.3) is 0 Å². The molecule has 3 nitrogen and oxygen atoms in total. The first kappa shape index (κ1) is 15.2. The number of ether oxygens (including phenoxy) is 1. The fraction of sp³-hybridized carbons (Fsp3) is 0.889. The van der Waals surface area contributed by atoms with Crippen LogP contribution >= 0.6 is 11.6 Å². The minimum Gasteiger partial charge on any atom is -0.469 e. The summed E-state index contributed by atoms with van der Waals surface area (Å²) in [5, 5.41) is 7.18. The Morgan fingerprint density at radius 1 is 1.23 bits per heavy atom. The van der Waals surface area contributed by atoms with Crippen molar-refractivity contribution in [3.63, 3.8) is 0 Å². The zero-order chi connectivity index (χ0) is 10.9. The molecule has 0 saturated carbocycles. The Hall–Kier alpha value is -0.280. The van der Waals surface area contributed by atoms with E-state index in [1.807, 2.05) is 0 Å². The van der Waals surface area contributed by atoms with Crippen LogP contribution in [0.25, 0.3) is 0 Å². The lowest BCUT2D eigenvalue weighted by Gasteiger charge is -2.07. The zero-order valence-electron chi connectivity index (χ0n) is 8.71. The van der Waals surface area contributed by atoms with Crippen molar-refractivity contribution in [3.05, 3.63) is 0 Å². The molecule has 0 fully saturated rings. The fourth-order valence-corrected chi connectivity index (χ4v) is 0.539. The van der Waals surface area contributed by atoms with Gasteiger partial charge in [0.1, 0.15) is 0 Å². The molecule has 0 rings (SSSR count). The van der Waals surface area contributed by atoms with Crippen LogP contribution in [0.5, 0.6) is 0 Å². The molecular weight excluding hydrogens is 192 g/mol. The summed E-state index contributed by atoms with van der Waals surface area (Å²) < 4.78 is 5.36.